The van der Waals surface area contributed by atoms with Gasteiger partial charge < -0.3 is 15.7 Å². The van der Waals surface area contributed by atoms with E-state index in [-0.39, 0.29) is 29.2 Å². The Morgan fingerprint density at radius 2 is 1.81 bits per heavy atom. The van der Waals surface area contributed by atoms with Crippen molar-refractivity contribution in [1.82, 2.24) is 19.4 Å². The molecule has 3 aromatic rings. The average Bonchev–Trinajstić information content (AvgIpc) is 3.32. The number of halogens is 1. The normalized spacial score (nSPS) is 19.0. The largest absolute Gasteiger partial charge is 0.393 e. The van der Waals surface area contributed by atoms with E-state index in [0.717, 1.165) is 24.2 Å². The summed E-state index contributed by atoms with van der Waals surface area (Å²) < 4.78 is 41.4. The number of H-pyrrole nitrogens is 1. The second-order valence-corrected chi connectivity index (χ2v) is 12.1. The Hall–Kier alpha value is -2.86. The van der Waals surface area contributed by atoms with Crippen LogP contribution in [0.15, 0.2) is 36.4 Å². The van der Waals surface area contributed by atoms with Crippen molar-refractivity contribution in [3.05, 3.63) is 53.5 Å². The minimum Gasteiger partial charge on any atom is -0.393 e. The molecule has 0 bridgehead atoms. The molecular formula is C26H32FN5O4S. The van der Waals surface area contributed by atoms with Gasteiger partial charge in [0.2, 0.25) is 10.0 Å². The van der Waals surface area contributed by atoms with Crippen LogP contribution in [0.25, 0.3) is 22.0 Å². The van der Waals surface area contributed by atoms with Gasteiger partial charge in [0.05, 0.1) is 17.4 Å². The second-order valence-electron chi connectivity index (χ2n) is 9.99. The highest BCUT2D eigenvalue weighted by Gasteiger charge is 2.31. The predicted octanol–water partition coefficient (Wildman–Crippen LogP) is 2.43. The van der Waals surface area contributed by atoms with Gasteiger partial charge in [0.1, 0.15) is 11.3 Å². The van der Waals surface area contributed by atoms with Crippen LogP contribution >= 0.6 is 0 Å². The quantitative estimate of drug-likeness (QED) is 0.431. The van der Waals surface area contributed by atoms with Crippen molar-refractivity contribution in [2.75, 3.05) is 38.5 Å². The highest BCUT2D eigenvalue weighted by Crippen LogP contribution is 2.36. The smallest absolute Gasteiger partial charge is 0.251 e. The minimum absolute atomic E-state index is 0.0310. The van der Waals surface area contributed by atoms with Gasteiger partial charge in [-0.15, -0.1) is 0 Å². The number of carbonyl (C=O) groups is 1. The van der Waals surface area contributed by atoms with E-state index in [1.54, 1.807) is 22.5 Å². The molecule has 1 aromatic heterocycles. The number of rotatable bonds is 7. The van der Waals surface area contributed by atoms with Gasteiger partial charge in [-0.3, -0.25) is 9.89 Å². The molecule has 0 spiro atoms. The fraction of sp³-hybridized carbons (Fsp3) is 0.462. The number of benzene rings is 2. The Kier molecular flexibility index (Phi) is 7.30. The first-order valence-corrected chi connectivity index (χ1v) is 14.3. The number of nitrogens with one attached hydrogen (secondary N) is 1. The summed E-state index contributed by atoms with van der Waals surface area (Å²) >= 11 is 0. The van der Waals surface area contributed by atoms with Crippen LogP contribution in [0, 0.1) is 5.82 Å². The summed E-state index contributed by atoms with van der Waals surface area (Å²) in [5, 5.41) is 17.8. The summed E-state index contributed by atoms with van der Waals surface area (Å²) in [6.07, 6.45) is 2.31. The number of hydrogen-bond acceptors (Lipinski definition) is 6. The first kappa shape index (κ1) is 25.8. The number of aliphatic hydroxyl groups is 1. The third kappa shape index (κ3) is 5.54. The van der Waals surface area contributed by atoms with E-state index in [1.807, 2.05) is 6.07 Å². The molecule has 9 nitrogen and oxygen atoms in total. The molecule has 0 aliphatic carbocycles. The number of piperidine rings is 2. The van der Waals surface area contributed by atoms with Gasteiger partial charge in [0.25, 0.3) is 5.91 Å². The zero-order valence-electron chi connectivity index (χ0n) is 20.6. The van der Waals surface area contributed by atoms with E-state index in [1.165, 1.54) is 12.1 Å². The number of likely N-dealkylation sites (tertiary alicyclic amines) is 1. The van der Waals surface area contributed by atoms with Crippen LogP contribution in [-0.2, 0) is 10.0 Å². The van der Waals surface area contributed by atoms with Crippen LogP contribution in [0.5, 0.6) is 0 Å². The number of nitrogens with zero attached hydrogens (tertiary/aromatic N) is 3. The molecule has 0 radical (unpaired) electrons. The SMILES string of the molecule is NC(=O)c1cc(-c2cccc(F)c2)cc2c(C3CCN(S(=O)(=O)CCN4CCC(O)CC4)CC3)[nH]nc12. The number of aromatic nitrogens is 2. The first-order chi connectivity index (χ1) is 17.7. The topological polar surface area (TPSA) is 133 Å². The standard InChI is InChI=1S/C26H32FN5O4S/c27-20-3-1-2-18(14-20)19-15-22-24(29-30-25(22)23(16-19)26(28)34)17-4-10-32(11-5-17)37(35,36)13-12-31-8-6-21(33)7-9-31/h1-3,14-17,21,33H,4-13H2,(H2,28,34)(H,29,30). The molecule has 2 aliphatic rings. The third-order valence-corrected chi connectivity index (χ3v) is 9.44. The molecule has 4 N–H and O–H groups in total. The lowest BCUT2D eigenvalue weighted by Gasteiger charge is -2.33. The van der Waals surface area contributed by atoms with Crippen molar-refractivity contribution in [2.24, 2.45) is 5.73 Å². The number of nitrogens with two attached hydrogens (primary N) is 1. The van der Waals surface area contributed by atoms with Crippen molar-refractivity contribution in [3.8, 4) is 11.1 Å². The fourth-order valence-corrected chi connectivity index (χ4v) is 6.92. The number of aromatic amines is 1. The van der Waals surface area contributed by atoms with Crippen molar-refractivity contribution in [3.63, 3.8) is 0 Å². The van der Waals surface area contributed by atoms with Gasteiger partial charge in [-0.25, -0.2) is 17.1 Å². The van der Waals surface area contributed by atoms with Gasteiger partial charge >= 0.3 is 0 Å². The fourth-order valence-electron chi connectivity index (χ4n) is 5.41. The molecule has 1 amide bonds. The summed E-state index contributed by atoms with van der Waals surface area (Å²) in [7, 11) is -3.39. The van der Waals surface area contributed by atoms with E-state index in [4.69, 9.17) is 5.73 Å². The lowest BCUT2D eigenvalue weighted by atomic mass is 9.90. The maximum Gasteiger partial charge on any atom is 0.251 e. The van der Waals surface area contributed by atoms with Crippen LogP contribution < -0.4 is 5.73 Å². The molecule has 3 heterocycles. The zero-order chi connectivity index (χ0) is 26.2. The lowest BCUT2D eigenvalue weighted by molar-refractivity contribution is 0.0854. The Morgan fingerprint density at radius 1 is 1.08 bits per heavy atom. The van der Waals surface area contributed by atoms with Gasteiger partial charge in [-0.05, 0) is 61.1 Å². The van der Waals surface area contributed by atoms with Gasteiger partial charge in [-0.1, -0.05) is 12.1 Å². The molecule has 37 heavy (non-hydrogen) atoms. The Morgan fingerprint density at radius 3 is 2.49 bits per heavy atom. The van der Waals surface area contributed by atoms with Crippen molar-refractivity contribution < 1.29 is 22.7 Å². The van der Waals surface area contributed by atoms with Crippen LogP contribution in [0.4, 0.5) is 4.39 Å². The van der Waals surface area contributed by atoms with Crippen molar-refractivity contribution in [2.45, 2.75) is 37.7 Å². The summed E-state index contributed by atoms with van der Waals surface area (Å²) in [6.45, 7) is 2.71. The highest BCUT2D eigenvalue weighted by molar-refractivity contribution is 7.89. The number of sulfonamides is 1. The molecule has 198 valence electrons. The Bertz CT molecular complexity index is 1390. The number of hydrogen-bond donors (Lipinski definition) is 3. The van der Waals surface area contributed by atoms with Crippen LogP contribution in [0.1, 0.15) is 47.7 Å². The summed E-state index contributed by atoms with van der Waals surface area (Å²) in [5.74, 6) is -0.897. The third-order valence-electron chi connectivity index (χ3n) is 7.59. The van der Waals surface area contributed by atoms with Crippen LogP contribution in [0.3, 0.4) is 0 Å². The first-order valence-electron chi connectivity index (χ1n) is 12.7. The van der Waals surface area contributed by atoms with Crippen LogP contribution in [0.2, 0.25) is 0 Å². The van der Waals surface area contributed by atoms with E-state index in [9.17, 15) is 22.7 Å². The minimum atomic E-state index is -3.39. The van der Waals surface area contributed by atoms with E-state index in [2.05, 4.69) is 15.1 Å². The molecule has 2 fully saturated rings. The monoisotopic (exact) mass is 529 g/mol. The molecule has 11 heteroatoms. The summed E-state index contributed by atoms with van der Waals surface area (Å²) in [5.41, 5.74) is 8.48. The Labute approximate surface area is 215 Å². The van der Waals surface area contributed by atoms with Gasteiger partial charge in [0.15, 0.2) is 0 Å². The van der Waals surface area contributed by atoms with Crippen molar-refractivity contribution in [1.29, 1.82) is 0 Å². The molecule has 2 saturated heterocycles. The van der Waals surface area contributed by atoms with Gasteiger partial charge in [-0.2, -0.15) is 5.10 Å². The summed E-state index contributed by atoms with van der Waals surface area (Å²) in [6, 6.07) is 9.65. The maximum atomic E-state index is 13.9. The number of aliphatic hydroxyl groups excluding tert-OH is 1. The summed E-state index contributed by atoms with van der Waals surface area (Å²) in [4.78, 5) is 14.3. The average molecular weight is 530 g/mol. The molecular weight excluding hydrogens is 497 g/mol. The molecule has 5 rings (SSSR count). The van der Waals surface area contributed by atoms with E-state index >= 15 is 0 Å². The molecule has 0 unspecified atom stereocenters. The van der Waals surface area contributed by atoms with Gasteiger partial charge in [0, 0.05) is 49.7 Å². The van der Waals surface area contributed by atoms with E-state index < -0.39 is 15.9 Å². The lowest BCUT2D eigenvalue weighted by Crippen LogP contribution is -2.43. The second kappa shape index (κ2) is 10.5. The zero-order valence-corrected chi connectivity index (χ0v) is 21.4. The molecule has 2 aromatic carbocycles. The number of primary amides is 1. The van der Waals surface area contributed by atoms with Crippen molar-refractivity contribution >= 4 is 26.8 Å². The van der Waals surface area contributed by atoms with E-state index in [0.29, 0.717) is 62.0 Å². The molecule has 2 aliphatic heterocycles. The molecule has 0 saturated carbocycles. The molecule has 0 atom stereocenters. The number of carbonyl (C=O) groups excluding carboxylic acids is 1. The predicted molar refractivity (Wildman–Crippen MR) is 139 cm³/mol. The Balaban J connectivity index is 1.32. The van der Waals surface area contributed by atoms with Crippen LogP contribution in [-0.4, -0.2) is 83.4 Å². The highest BCUT2D eigenvalue weighted by atomic mass is 32.2. The number of fused-ring (bicyclic) bond motifs is 1. The maximum absolute atomic E-state index is 13.9. The number of amides is 1.